The van der Waals surface area contributed by atoms with Crippen molar-refractivity contribution in [3.05, 3.63) is 32.8 Å². The van der Waals surface area contributed by atoms with Gasteiger partial charge in [0, 0.05) is 23.1 Å². The van der Waals surface area contributed by atoms with Crippen molar-refractivity contribution in [3.63, 3.8) is 0 Å². The quantitative estimate of drug-likeness (QED) is 0.620. The zero-order valence-electron chi connectivity index (χ0n) is 13.1. The number of nitro benzene ring substituents is 1. The van der Waals surface area contributed by atoms with Crippen LogP contribution in [-0.2, 0) is 0 Å². The van der Waals surface area contributed by atoms with Gasteiger partial charge in [-0.2, -0.15) is 0 Å². The largest absolute Gasteiger partial charge is 0.389 e. The maximum atomic E-state index is 11.4. The Morgan fingerprint density at radius 2 is 2.00 bits per heavy atom. The van der Waals surface area contributed by atoms with E-state index < -0.39 is 5.60 Å². The predicted octanol–water partition coefficient (Wildman–Crippen LogP) is 4.27. The first-order valence-corrected chi connectivity index (χ1v) is 8.50. The van der Waals surface area contributed by atoms with Gasteiger partial charge in [0.15, 0.2) is 0 Å². The van der Waals surface area contributed by atoms with Crippen molar-refractivity contribution >= 4 is 27.3 Å². The summed E-state index contributed by atoms with van der Waals surface area (Å²) in [5.41, 5.74) is -0.218. The second-order valence-electron chi connectivity index (χ2n) is 6.62. The summed E-state index contributed by atoms with van der Waals surface area (Å²) in [5.74, 6) is 0. The Kier molecular flexibility index (Phi) is 5.45. The number of benzene rings is 1. The Bertz CT molecular complexity index is 537. The molecule has 0 bridgehead atoms. The highest BCUT2D eigenvalue weighted by Crippen LogP contribution is 2.36. The molecule has 0 radical (unpaired) electrons. The van der Waals surface area contributed by atoms with Crippen LogP contribution in [-0.4, -0.2) is 28.2 Å². The monoisotopic (exact) mass is 370 g/mol. The molecule has 0 amide bonds. The summed E-state index contributed by atoms with van der Waals surface area (Å²) in [6.45, 7) is 3.88. The van der Waals surface area contributed by atoms with Crippen LogP contribution in [0.15, 0.2) is 22.7 Å². The SMILES string of the molecule is CC(C)(O)CN(c1ccc(Br)cc1[N+](=O)[O-])C1CCCCC1. The summed E-state index contributed by atoms with van der Waals surface area (Å²) < 4.78 is 0.690. The topological polar surface area (TPSA) is 66.6 Å². The van der Waals surface area contributed by atoms with Gasteiger partial charge in [-0.25, -0.2) is 0 Å². The van der Waals surface area contributed by atoms with Gasteiger partial charge in [0.05, 0.1) is 10.5 Å². The van der Waals surface area contributed by atoms with Crippen LogP contribution in [0.1, 0.15) is 46.0 Å². The van der Waals surface area contributed by atoms with Crippen molar-refractivity contribution in [2.24, 2.45) is 0 Å². The van der Waals surface area contributed by atoms with Gasteiger partial charge >= 0.3 is 0 Å². The number of hydrogen-bond donors (Lipinski definition) is 1. The summed E-state index contributed by atoms with van der Waals surface area (Å²) in [6.07, 6.45) is 5.52. The van der Waals surface area contributed by atoms with Crippen molar-refractivity contribution < 1.29 is 10.0 Å². The zero-order valence-corrected chi connectivity index (χ0v) is 14.7. The molecule has 0 atom stereocenters. The predicted molar refractivity (Wildman–Crippen MR) is 91.3 cm³/mol. The van der Waals surface area contributed by atoms with E-state index in [0.717, 1.165) is 25.7 Å². The van der Waals surface area contributed by atoms with Gasteiger partial charge in [-0.15, -0.1) is 0 Å². The fourth-order valence-electron chi connectivity index (χ4n) is 3.11. The Labute approximate surface area is 139 Å². The molecule has 1 fully saturated rings. The second-order valence-corrected chi connectivity index (χ2v) is 7.54. The molecule has 1 aliphatic carbocycles. The number of nitrogens with zero attached hydrogens (tertiary/aromatic N) is 2. The van der Waals surface area contributed by atoms with Gasteiger partial charge in [-0.05, 0) is 38.8 Å². The van der Waals surface area contributed by atoms with Gasteiger partial charge < -0.3 is 10.0 Å². The smallest absolute Gasteiger partial charge is 0.293 e. The molecule has 0 spiro atoms. The van der Waals surface area contributed by atoms with Crippen LogP contribution in [0.4, 0.5) is 11.4 Å². The van der Waals surface area contributed by atoms with E-state index in [-0.39, 0.29) is 16.7 Å². The van der Waals surface area contributed by atoms with Crippen LogP contribution in [0.2, 0.25) is 0 Å². The van der Waals surface area contributed by atoms with Crippen LogP contribution >= 0.6 is 15.9 Å². The number of aliphatic hydroxyl groups is 1. The minimum Gasteiger partial charge on any atom is -0.389 e. The van der Waals surface area contributed by atoms with Gasteiger partial charge in [0.2, 0.25) is 0 Å². The standard InChI is InChI=1S/C16H23BrN2O3/c1-16(2,20)11-18(13-6-4-3-5-7-13)14-9-8-12(17)10-15(14)19(21)22/h8-10,13,20H,3-7,11H2,1-2H3. The van der Waals surface area contributed by atoms with Crippen LogP contribution in [0.3, 0.4) is 0 Å². The number of anilines is 1. The molecule has 122 valence electrons. The Hall–Kier alpha value is -1.14. The van der Waals surface area contributed by atoms with E-state index in [9.17, 15) is 15.2 Å². The van der Waals surface area contributed by atoms with Crippen molar-refractivity contribution in [1.29, 1.82) is 0 Å². The molecule has 1 saturated carbocycles. The van der Waals surface area contributed by atoms with Crippen molar-refractivity contribution in [2.75, 3.05) is 11.4 Å². The lowest BCUT2D eigenvalue weighted by atomic mass is 9.92. The maximum absolute atomic E-state index is 11.4. The highest BCUT2D eigenvalue weighted by molar-refractivity contribution is 9.10. The summed E-state index contributed by atoms with van der Waals surface area (Å²) in [6, 6.07) is 5.39. The molecule has 0 aromatic heterocycles. The molecule has 22 heavy (non-hydrogen) atoms. The Morgan fingerprint density at radius 1 is 1.36 bits per heavy atom. The summed E-state index contributed by atoms with van der Waals surface area (Å²) in [5, 5.41) is 21.7. The zero-order chi connectivity index (χ0) is 16.3. The van der Waals surface area contributed by atoms with Crippen molar-refractivity contribution in [1.82, 2.24) is 0 Å². The first-order valence-electron chi connectivity index (χ1n) is 7.71. The van der Waals surface area contributed by atoms with Gasteiger partial charge in [0.25, 0.3) is 5.69 Å². The number of halogens is 1. The molecule has 1 aromatic rings. The fourth-order valence-corrected chi connectivity index (χ4v) is 3.46. The molecule has 1 N–H and O–H groups in total. The summed E-state index contributed by atoms with van der Waals surface area (Å²) in [4.78, 5) is 13.1. The first-order chi connectivity index (χ1) is 10.3. The lowest BCUT2D eigenvalue weighted by Gasteiger charge is -2.39. The van der Waals surface area contributed by atoms with Crippen LogP contribution in [0.5, 0.6) is 0 Å². The Balaban J connectivity index is 2.41. The minimum atomic E-state index is -0.904. The van der Waals surface area contributed by atoms with Gasteiger partial charge in [-0.1, -0.05) is 35.2 Å². The first kappa shape index (κ1) is 17.2. The van der Waals surface area contributed by atoms with Crippen molar-refractivity contribution in [2.45, 2.75) is 57.6 Å². The Morgan fingerprint density at radius 3 is 2.55 bits per heavy atom. The molecule has 1 aromatic carbocycles. The third-order valence-electron chi connectivity index (χ3n) is 4.02. The molecule has 0 aliphatic heterocycles. The van der Waals surface area contributed by atoms with E-state index in [4.69, 9.17) is 0 Å². The van der Waals surface area contributed by atoms with E-state index >= 15 is 0 Å². The molecule has 1 aliphatic rings. The molecule has 0 heterocycles. The van der Waals surface area contributed by atoms with E-state index in [2.05, 4.69) is 15.9 Å². The van der Waals surface area contributed by atoms with E-state index in [0.29, 0.717) is 16.7 Å². The molecular formula is C16H23BrN2O3. The summed E-state index contributed by atoms with van der Waals surface area (Å²) >= 11 is 3.30. The third-order valence-corrected chi connectivity index (χ3v) is 4.51. The average molecular weight is 371 g/mol. The normalized spacial score (nSPS) is 16.5. The number of hydrogen-bond acceptors (Lipinski definition) is 4. The number of rotatable bonds is 5. The van der Waals surface area contributed by atoms with Gasteiger partial charge in [0.1, 0.15) is 5.69 Å². The molecule has 5 nitrogen and oxygen atoms in total. The van der Waals surface area contributed by atoms with E-state index in [1.807, 2.05) is 11.0 Å². The van der Waals surface area contributed by atoms with E-state index in [1.54, 1.807) is 19.9 Å². The van der Waals surface area contributed by atoms with Crippen LogP contribution < -0.4 is 4.90 Å². The van der Waals surface area contributed by atoms with E-state index in [1.165, 1.54) is 12.5 Å². The van der Waals surface area contributed by atoms with Crippen LogP contribution in [0, 0.1) is 10.1 Å². The minimum absolute atomic E-state index is 0.0872. The molecular weight excluding hydrogens is 348 g/mol. The van der Waals surface area contributed by atoms with Crippen molar-refractivity contribution in [3.8, 4) is 0 Å². The molecule has 2 rings (SSSR count). The fraction of sp³-hybridized carbons (Fsp3) is 0.625. The average Bonchev–Trinajstić information content (AvgIpc) is 2.45. The molecule has 0 unspecified atom stereocenters. The molecule has 6 heteroatoms. The highest BCUT2D eigenvalue weighted by Gasteiger charge is 2.30. The second kappa shape index (κ2) is 6.96. The lowest BCUT2D eigenvalue weighted by molar-refractivity contribution is -0.384. The third kappa shape index (κ3) is 4.43. The summed E-state index contributed by atoms with van der Waals surface area (Å²) in [7, 11) is 0. The molecule has 0 saturated heterocycles. The number of nitro groups is 1. The highest BCUT2D eigenvalue weighted by atomic mass is 79.9. The van der Waals surface area contributed by atoms with Crippen LogP contribution in [0.25, 0.3) is 0 Å². The van der Waals surface area contributed by atoms with Gasteiger partial charge in [-0.3, -0.25) is 10.1 Å². The maximum Gasteiger partial charge on any atom is 0.293 e. The lowest BCUT2D eigenvalue weighted by Crippen LogP contribution is -2.45.